The Labute approximate surface area is 58.0 Å². The maximum atomic E-state index is 10.4. The summed E-state index contributed by atoms with van der Waals surface area (Å²) in [7, 11) is 0. The minimum atomic E-state index is -5.33. The van der Waals surface area contributed by atoms with Crippen molar-refractivity contribution in [1.82, 2.24) is 0 Å². The third-order valence-electron chi connectivity index (χ3n) is 0.247. The van der Waals surface area contributed by atoms with Crippen LogP contribution in [-0.2, 0) is 0 Å². The highest BCUT2D eigenvalue weighted by molar-refractivity contribution is 4.48. The van der Waals surface area contributed by atoms with Gasteiger partial charge in [0, 0.05) is 0 Å². The normalized spacial score (nSPS) is 11.5. The van der Waals surface area contributed by atoms with Crippen LogP contribution in [0.15, 0.2) is 0 Å². The summed E-state index contributed by atoms with van der Waals surface area (Å²) < 4.78 is 72.8. The van der Waals surface area contributed by atoms with Crippen LogP contribution in [0.2, 0.25) is 0 Å². The molecule has 7 heteroatoms. The molecule has 0 unspecified atom stereocenters. The maximum absolute atomic E-state index is 10.4. The number of hydrogen-bond donors (Lipinski definition) is 0. The van der Waals surface area contributed by atoms with Gasteiger partial charge in [0.05, 0.1) is 0 Å². The average Bonchev–Trinajstić information content (AvgIpc) is 1.59. The van der Waals surface area contributed by atoms with Gasteiger partial charge in [0.1, 0.15) is 0 Å². The van der Waals surface area contributed by atoms with Gasteiger partial charge in [-0.2, -0.15) is 13.2 Å². The van der Waals surface area contributed by atoms with Crippen LogP contribution < -0.4 is 0 Å². The molecule has 0 radical (unpaired) electrons. The number of alkyl halides is 7. The fourth-order valence-corrected chi connectivity index (χ4v) is 0. The molecule has 0 aliphatic rings. The van der Waals surface area contributed by atoms with Crippen molar-refractivity contribution in [3.05, 3.63) is 0 Å². The molecule has 11 heavy (non-hydrogen) atoms. The zero-order chi connectivity index (χ0) is 9.65. The smallest absolute Gasteiger partial charge is 0.211 e. The number of halogens is 7. The summed E-state index contributed by atoms with van der Waals surface area (Å²) in [5.41, 5.74) is 0. The van der Waals surface area contributed by atoms with Gasteiger partial charge in [-0.15, -0.1) is 0 Å². The van der Waals surface area contributed by atoms with E-state index in [1.807, 2.05) is 0 Å². The predicted octanol–water partition coefficient (Wildman–Crippen LogP) is 3.09. The summed E-state index contributed by atoms with van der Waals surface area (Å²) in [4.78, 5) is 0. The molecule has 0 aromatic heterocycles. The van der Waals surface area contributed by atoms with Gasteiger partial charge in [0.15, 0.2) is 0 Å². The maximum Gasteiger partial charge on any atom is 0.450 e. The zero-order valence-electron chi connectivity index (χ0n) is 5.30. The van der Waals surface area contributed by atoms with Gasteiger partial charge >= 0.3 is 12.6 Å². The third kappa shape index (κ3) is 17.7. The largest absolute Gasteiger partial charge is 0.450 e. The van der Waals surface area contributed by atoms with E-state index in [4.69, 9.17) is 0 Å². The molecule has 0 atom stereocenters. The minimum absolute atomic E-state index is 0.833. The van der Waals surface area contributed by atoms with E-state index < -0.39 is 19.0 Å². The molecule has 0 fully saturated rings. The van der Waals surface area contributed by atoms with Gasteiger partial charge in [0.2, 0.25) is 6.43 Å². The van der Waals surface area contributed by atoms with Crippen molar-refractivity contribution in [3.8, 4) is 0 Å². The molecule has 0 aromatic carbocycles. The third-order valence-corrected chi connectivity index (χ3v) is 0.247. The van der Waals surface area contributed by atoms with Crippen molar-refractivity contribution in [2.24, 2.45) is 0 Å². The molecular formula is C4H5F7. The predicted molar refractivity (Wildman–Crippen MR) is 23.7 cm³/mol. The lowest BCUT2D eigenvalue weighted by atomic mass is 10.7. The van der Waals surface area contributed by atoms with E-state index in [1.54, 1.807) is 0 Å². The molecule has 0 aliphatic heterocycles. The lowest BCUT2D eigenvalue weighted by molar-refractivity contribution is -0.219. The molecule has 0 aliphatic carbocycles. The molecule has 0 saturated heterocycles. The van der Waals surface area contributed by atoms with Gasteiger partial charge < -0.3 is 0 Å². The van der Waals surface area contributed by atoms with Crippen molar-refractivity contribution in [1.29, 1.82) is 0 Å². The summed E-state index contributed by atoms with van der Waals surface area (Å²) in [6.07, 6.45) is -11.7. The Morgan fingerprint density at radius 3 is 1.00 bits per heavy atom. The summed E-state index contributed by atoms with van der Waals surface area (Å²) in [6, 6.07) is 0. The molecule has 0 bridgehead atoms. The Morgan fingerprint density at radius 2 is 1.00 bits per heavy atom. The van der Waals surface area contributed by atoms with Gasteiger partial charge in [-0.05, 0) is 6.92 Å². The van der Waals surface area contributed by atoms with E-state index in [0.717, 1.165) is 6.92 Å². The highest BCUT2D eigenvalue weighted by Gasteiger charge is 2.40. The van der Waals surface area contributed by atoms with E-state index in [-0.39, 0.29) is 0 Å². The van der Waals surface area contributed by atoms with Crippen molar-refractivity contribution in [3.63, 3.8) is 0 Å². The fraction of sp³-hybridized carbons (Fsp3) is 1.00. The van der Waals surface area contributed by atoms with Crippen LogP contribution in [0.3, 0.4) is 0 Å². The van der Waals surface area contributed by atoms with Gasteiger partial charge in [-0.25, -0.2) is 17.6 Å². The molecule has 70 valence electrons. The van der Waals surface area contributed by atoms with Gasteiger partial charge in [-0.3, -0.25) is 0 Å². The van der Waals surface area contributed by atoms with Crippen LogP contribution in [0, 0.1) is 0 Å². The van der Waals surface area contributed by atoms with Crippen LogP contribution in [0.25, 0.3) is 0 Å². The first-order valence-corrected chi connectivity index (χ1v) is 2.31. The highest BCUT2D eigenvalue weighted by atomic mass is 19.4. The first-order valence-electron chi connectivity index (χ1n) is 2.31. The zero-order valence-corrected chi connectivity index (χ0v) is 5.30. The monoisotopic (exact) mass is 186 g/mol. The molecule has 0 amide bonds. The van der Waals surface area contributed by atoms with Crippen molar-refractivity contribution in [2.75, 3.05) is 0 Å². The molecular weight excluding hydrogens is 181 g/mol. The fourth-order valence-electron chi connectivity index (χ4n) is 0. The molecule has 0 N–H and O–H groups in total. The Bertz CT molecular complexity index is 80.2. The minimum Gasteiger partial charge on any atom is -0.211 e. The highest BCUT2D eigenvalue weighted by Crippen LogP contribution is 2.22. The number of hydrogen-bond acceptors (Lipinski definition) is 0. The quantitative estimate of drug-likeness (QED) is 0.510. The molecule has 0 saturated carbocycles. The first kappa shape index (κ1) is 13.1. The molecule has 0 nitrogen and oxygen atoms in total. The van der Waals surface area contributed by atoms with Crippen LogP contribution in [0.1, 0.15) is 6.92 Å². The SMILES string of the molecule is CC(F)F.FC(F)C(F)(F)F. The van der Waals surface area contributed by atoms with E-state index in [1.165, 1.54) is 0 Å². The Morgan fingerprint density at radius 1 is 0.909 bits per heavy atom. The van der Waals surface area contributed by atoms with Gasteiger partial charge in [0.25, 0.3) is 0 Å². The van der Waals surface area contributed by atoms with E-state index in [2.05, 4.69) is 0 Å². The van der Waals surface area contributed by atoms with Gasteiger partial charge in [-0.1, -0.05) is 0 Å². The van der Waals surface area contributed by atoms with E-state index in [0.29, 0.717) is 0 Å². The summed E-state index contributed by atoms with van der Waals surface area (Å²) >= 11 is 0. The molecule has 0 spiro atoms. The summed E-state index contributed by atoms with van der Waals surface area (Å²) in [5, 5.41) is 0. The standard InChI is InChI=1S/C2HF5.C2H4F2/c3-1(4)2(5,6)7;1-2(3)4/h1H;2H,1H3. The first-order chi connectivity index (χ1) is 4.68. The Balaban J connectivity index is 0. The van der Waals surface area contributed by atoms with Crippen molar-refractivity contribution >= 4 is 0 Å². The second-order valence-corrected chi connectivity index (χ2v) is 1.36. The lowest BCUT2D eigenvalue weighted by Gasteiger charge is -2.00. The summed E-state index contributed by atoms with van der Waals surface area (Å²) in [5.74, 6) is 0. The number of rotatable bonds is 0. The Hall–Kier alpha value is -0.490. The topological polar surface area (TPSA) is 0 Å². The summed E-state index contributed by atoms with van der Waals surface area (Å²) in [6.45, 7) is 0.833. The van der Waals surface area contributed by atoms with Crippen LogP contribution in [-0.4, -0.2) is 19.0 Å². The molecule has 0 heterocycles. The van der Waals surface area contributed by atoms with Crippen LogP contribution in [0.5, 0.6) is 0 Å². The second-order valence-electron chi connectivity index (χ2n) is 1.36. The second kappa shape index (κ2) is 5.20. The van der Waals surface area contributed by atoms with Crippen LogP contribution in [0.4, 0.5) is 30.7 Å². The molecule has 0 aromatic rings. The van der Waals surface area contributed by atoms with Crippen LogP contribution >= 0.6 is 0 Å². The van der Waals surface area contributed by atoms with E-state index >= 15 is 0 Å². The van der Waals surface area contributed by atoms with Crippen molar-refractivity contribution in [2.45, 2.75) is 26.0 Å². The van der Waals surface area contributed by atoms with E-state index in [9.17, 15) is 30.7 Å². The van der Waals surface area contributed by atoms with Crippen molar-refractivity contribution < 1.29 is 30.7 Å². The molecule has 0 rings (SSSR count). The Kier molecular flexibility index (Phi) is 6.20. The lowest BCUT2D eigenvalue weighted by Crippen LogP contribution is -2.18. The average molecular weight is 186 g/mol.